The third kappa shape index (κ3) is 5.78. The second-order valence-electron chi connectivity index (χ2n) is 11.6. The van der Waals surface area contributed by atoms with E-state index in [2.05, 4.69) is 11.0 Å². The van der Waals surface area contributed by atoms with Gasteiger partial charge in [0.05, 0.1) is 19.1 Å². The maximum Gasteiger partial charge on any atom is 0.249 e. The zero-order valence-corrected chi connectivity index (χ0v) is 23.3. The van der Waals surface area contributed by atoms with E-state index in [0.717, 1.165) is 82.3 Å². The van der Waals surface area contributed by atoms with Crippen molar-refractivity contribution in [1.29, 1.82) is 0 Å². The molecule has 4 atom stereocenters. The topological polar surface area (TPSA) is 111 Å². The van der Waals surface area contributed by atoms with Crippen LogP contribution >= 0.6 is 0 Å². The molecule has 0 bridgehead atoms. The molecule has 0 spiro atoms. The van der Waals surface area contributed by atoms with Crippen LogP contribution in [0.3, 0.4) is 0 Å². The molecule has 9 heteroatoms. The Hall–Kier alpha value is -2.33. The Morgan fingerprint density at radius 2 is 1.85 bits per heavy atom. The number of rotatable bonds is 9. The molecule has 39 heavy (non-hydrogen) atoms. The molecule has 1 aromatic rings. The summed E-state index contributed by atoms with van der Waals surface area (Å²) in [5.74, 6) is -0.796. The van der Waals surface area contributed by atoms with E-state index in [4.69, 9.17) is 19.9 Å². The lowest BCUT2D eigenvalue weighted by Crippen LogP contribution is -2.46. The van der Waals surface area contributed by atoms with Crippen LogP contribution in [0.25, 0.3) is 0 Å². The van der Waals surface area contributed by atoms with Crippen LogP contribution in [-0.4, -0.2) is 99.3 Å². The Bertz CT molecular complexity index is 1050. The molecule has 0 radical (unpaired) electrons. The van der Waals surface area contributed by atoms with Gasteiger partial charge in [0.1, 0.15) is 24.9 Å². The molecule has 1 aromatic carbocycles. The molecule has 214 valence electrons. The Morgan fingerprint density at radius 1 is 1.10 bits per heavy atom. The maximum atomic E-state index is 14.5. The maximum absolute atomic E-state index is 14.5. The van der Waals surface area contributed by atoms with E-state index in [1.54, 1.807) is 19.1 Å². The van der Waals surface area contributed by atoms with E-state index in [-0.39, 0.29) is 30.3 Å². The molecule has 3 saturated heterocycles. The third-order valence-electron chi connectivity index (χ3n) is 9.46. The number of likely N-dealkylation sites (tertiary alicyclic amines) is 2. The van der Waals surface area contributed by atoms with Crippen molar-refractivity contribution >= 4 is 17.6 Å². The number of ketones is 1. The van der Waals surface area contributed by atoms with Crippen molar-refractivity contribution in [3.8, 4) is 0 Å². The molecule has 4 fully saturated rings. The molecule has 2 N–H and O–H groups in total. The van der Waals surface area contributed by atoms with Crippen molar-refractivity contribution in [3.63, 3.8) is 0 Å². The fourth-order valence-corrected chi connectivity index (χ4v) is 7.31. The second kappa shape index (κ2) is 12.5. The number of hydrogen-bond donors (Lipinski definition) is 1. The molecule has 5 rings (SSSR count). The molecule has 9 nitrogen and oxygen atoms in total. The van der Waals surface area contributed by atoms with Crippen molar-refractivity contribution < 1.29 is 28.6 Å². The van der Waals surface area contributed by atoms with Gasteiger partial charge in [-0.3, -0.25) is 14.4 Å². The van der Waals surface area contributed by atoms with Gasteiger partial charge in [-0.25, -0.2) is 0 Å². The standard InChI is InChI=1S/C30H43N3O6/c1-37-15-14-32-12-10-19(11-13-32)21-8-9-22(29(31)35)23(16-21)26(20-6-4-3-5-7-20)30(36)33-17-25(38-2)28-27(33)24(34)18-39-28/h8-9,16,19-20,25-28H,3-7,10-15,17-18H2,1-2H3,(H2,31,35)/t25-,26-,27+,28+/m0/s1. The predicted octanol–water partition coefficient (Wildman–Crippen LogP) is 2.47. The number of nitrogens with two attached hydrogens (primary N) is 1. The van der Waals surface area contributed by atoms with Crippen molar-refractivity contribution in [3.05, 3.63) is 34.9 Å². The van der Waals surface area contributed by atoms with Crippen LogP contribution in [0.4, 0.5) is 0 Å². The molecule has 1 aliphatic carbocycles. The molecule has 4 aliphatic rings. The second-order valence-corrected chi connectivity index (χ2v) is 11.6. The van der Waals surface area contributed by atoms with E-state index in [0.29, 0.717) is 18.0 Å². The number of primary amides is 1. The highest BCUT2D eigenvalue weighted by molar-refractivity contribution is 5.99. The highest BCUT2D eigenvalue weighted by Crippen LogP contribution is 2.42. The number of carbonyl (C=O) groups excluding carboxylic acids is 3. The molecular formula is C30H43N3O6. The monoisotopic (exact) mass is 541 g/mol. The minimum atomic E-state index is -0.634. The van der Waals surface area contributed by atoms with Crippen molar-refractivity contribution in [2.24, 2.45) is 11.7 Å². The van der Waals surface area contributed by atoms with Gasteiger partial charge in [-0.1, -0.05) is 31.4 Å². The minimum Gasteiger partial charge on any atom is -0.383 e. The average Bonchev–Trinajstić information content (AvgIpc) is 3.53. The Morgan fingerprint density at radius 3 is 2.51 bits per heavy atom. The summed E-state index contributed by atoms with van der Waals surface area (Å²) >= 11 is 0. The number of Topliss-reactive ketones (excluding diaryl/α,β-unsaturated/α-hetero) is 1. The average molecular weight is 542 g/mol. The van der Waals surface area contributed by atoms with Crippen LogP contribution in [0.1, 0.15) is 78.3 Å². The number of amides is 2. The normalized spacial score (nSPS) is 27.6. The van der Waals surface area contributed by atoms with Gasteiger partial charge in [-0.05, 0) is 67.8 Å². The smallest absolute Gasteiger partial charge is 0.249 e. The molecule has 1 saturated carbocycles. The molecule has 0 unspecified atom stereocenters. The van der Waals surface area contributed by atoms with Gasteiger partial charge in [-0.2, -0.15) is 0 Å². The first kappa shape index (κ1) is 28.2. The highest BCUT2D eigenvalue weighted by Gasteiger charge is 2.54. The van der Waals surface area contributed by atoms with E-state index < -0.39 is 24.0 Å². The Labute approximate surface area is 231 Å². The van der Waals surface area contributed by atoms with Crippen LogP contribution in [0.5, 0.6) is 0 Å². The summed E-state index contributed by atoms with van der Waals surface area (Å²) in [7, 11) is 3.32. The first-order chi connectivity index (χ1) is 18.9. The summed E-state index contributed by atoms with van der Waals surface area (Å²) < 4.78 is 16.6. The van der Waals surface area contributed by atoms with E-state index in [1.807, 2.05) is 12.1 Å². The zero-order valence-electron chi connectivity index (χ0n) is 23.3. The van der Waals surface area contributed by atoms with Gasteiger partial charge in [-0.15, -0.1) is 0 Å². The number of ether oxygens (including phenoxy) is 3. The van der Waals surface area contributed by atoms with Gasteiger partial charge in [0.25, 0.3) is 0 Å². The van der Waals surface area contributed by atoms with Crippen LogP contribution in [0.15, 0.2) is 18.2 Å². The summed E-state index contributed by atoms with van der Waals surface area (Å²) in [6.07, 6.45) is 6.31. The summed E-state index contributed by atoms with van der Waals surface area (Å²) in [5, 5.41) is 0. The van der Waals surface area contributed by atoms with E-state index >= 15 is 0 Å². The molecule has 0 aromatic heterocycles. The fourth-order valence-electron chi connectivity index (χ4n) is 7.31. The van der Waals surface area contributed by atoms with Gasteiger partial charge in [0.2, 0.25) is 11.8 Å². The van der Waals surface area contributed by atoms with Crippen LogP contribution < -0.4 is 5.73 Å². The lowest BCUT2D eigenvalue weighted by Gasteiger charge is -2.36. The number of benzene rings is 1. The fraction of sp³-hybridized carbons (Fsp3) is 0.700. The largest absolute Gasteiger partial charge is 0.383 e. The number of piperidine rings is 1. The van der Waals surface area contributed by atoms with E-state index in [1.165, 1.54) is 0 Å². The number of methoxy groups -OCH3 is 2. The van der Waals surface area contributed by atoms with Crippen LogP contribution in [-0.2, 0) is 23.8 Å². The first-order valence-corrected chi connectivity index (χ1v) is 14.6. The summed E-state index contributed by atoms with van der Waals surface area (Å²) in [5.41, 5.74) is 8.20. The predicted molar refractivity (Wildman–Crippen MR) is 146 cm³/mol. The quantitative estimate of drug-likeness (QED) is 0.511. The lowest BCUT2D eigenvalue weighted by molar-refractivity contribution is -0.139. The molecular weight excluding hydrogens is 498 g/mol. The molecule has 2 amide bonds. The van der Waals surface area contributed by atoms with Gasteiger partial charge in [0, 0.05) is 26.3 Å². The van der Waals surface area contributed by atoms with Gasteiger partial charge in [0.15, 0.2) is 5.78 Å². The van der Waals surface area contributed by atoms with Gasteiger partial charge < -0.3 is 29.7 Å². The summed E-state index contributed by atoms with van der Waals surface area (Å²) in [4.78, 5) is 44.1. The highest BCUT2D eigenvalue weighted by atomic mass is 16.5. The van der Waals surface area contributed by atoms with Crippen molar-refractivity contribution in [2.45, 2.75) is 75.0 Å². The number of hydrogen-bond acceptors (Lipinski definition) is 7. The third-order valence-corrected chi connectivity index (χ3v) is 9.46. The van der Waals surface area contributed by atoms with Gasteiger partial charge >= 0.3 is 0 Å². The number of nitrogens with zero attached hydrogens (tertiary/aromatic N) is 2. The van der Waals surface area contributed by atoms with Crippen molar-refractivity contribution in [1.82, 2.24) is 9.80 Å². The van der Waals surface area contributed by atoms with Crippen LogP contribution in [0, 0.1) is 5.92 Å². The summed E-state index contributed by atoms with van der Waals surface area (Å²) in [6, 6.07) is 5.29. The lowest BCUT2D eigenvalue weighted by atomic mass is 9.73. The summed E-state index contributed by atoms with van der Waals surface area (Å²) in [6.45, 7) is 3.94. The van der Waals surface area contributed by atoms with Crippen LogP contribution in [0.2, 0.25) is 0 Å². The minimum absolute atomic E-state index is 0.00182. The SMILES string of the molecule is COCCN1CCC(c2ccc(C(N)=O)c([C@@H](C(=O)N3C[C@H](OC)[C@H]4OCC(=O)[C@H]43)C3CCCCC3)c2)CC1. The number of carbonyl (C=O) groups is 3. The Kier molecular flexibility index (Phi) is 9.01. The zero-order chi connectivity index (χ0) is 27.5. The van der Waals surface area contributed by atoms with E-state index in [9.17, 15) is 14.4 Å². The molecule has 3 aliphatic heterocycles. The molecule has 3 heterocycles. The van der Waals surface area contributed by atoms with Crippen molar-refractivity contribution in [2.75, 3.05) is 53.6 Å². The number of fused-ring (bicyclic) bond motifs is 1. The Balaban J connectivity index is 1.48. The first-order valence-electron chi connectivity index (χ1n) is 14.6.